The Bertz CT molecular complexity index is 362. The number of rotatable bonds is 0. The highest BCUT2D eigenvalue weighted by Gasteiger charge is 2.21. The van der Waals surface area contributed by atoms with Crippen molar-refractivity contribution in [3.63, 3.8) is 0 Å². The number of benzene rings is 1. The van der Waals surface area contributed by atoms with Gasteiger partial charge in [-0.1, -0.05) is 11.6 Å². The van der Waals surface area contributed by atoms with Crippen LogP contribution in [0.5, 0.6) is 0 Å². The van der Waals surface area contributed by atoms with Crippen molar-refractivity contribution in [2.24, 2.45) is 0 Å². The fourth-order valence-corrected chi connectivity index (χ4v) is 1.76. The molecular weight excluding hydrogens is 186 g/mol. The summed E-state index contributed by atoms with van der Waals surface area (Å²) in [4.78, 5) is 11.5. The number of nitrogens with one attached hydrogen (secondary N) is 1. The van der Waals surface area contributed by atoms with Gasteiger partial charge in [0.1, 0.15) is 0 Å². The summed E-state index contributed by atoms with van der Waals surface area (Å²) < 4.78 is 0. The van der Waals surface area contributed by atoms with Gasteiger partial charge in [-0.15, -0.1) is 0 Å². The van der Waals surface area contributed by atoms with E-state index in [1.807, 2.05) is 6.92 Å². The van der Waals surface area contributed by atoms with Crippen LogP contribution < -0.4 is 5.32 Å². The van der Waals surface area contributed by atoms with E-state index in [0.29, 0.717) is 11.4 Å². The molecule has 0 saturated carbocycles. The third-order valence-electron chi connectivity index (χ3n) is 2.18. The summed E-state index contributed by atoms with van der Waals surface area (Å²) in [6.07, 6.45) is 0.564. The van der Waals surface area contributed by atoms with Crippen LogP contribution in [-0.2, 0) is 0 Å². The minimum absolute atomic E-state index is 0.193. The number of carbonyl (C=O) groups is 1. The molecule has 0 fully saturated rings. The van der Waals surface area contributed by atoms with E-state index >= 15 is 0 Å². The van der Waals surface area contributed by atoms with E-state index in [4.69, 9.17) is 11.6 Å². The highest BCUT2D eigenvalue weighted by Crippen LogP contribution is 2.27. The Labute approximate surface area is 81.9 Å². The highest BCUT2D eigenvalue weighted by atomic mass is 35.5. The van der Waals surface area contributed by atoms with Crippen molar-refractivity contribution in [1.29, 1.82) is 0 Å². The first-order valence-corrected chi connectivity index (χ1v) is 4.64. The maximum Gasteiger partial charge on any atom is 0.166 e. The van der Waals surface area contributed by atoms with Crippen molar-refractivity contribution < 1.29 is 4.79 Å². The van der Waals surface area contributed by atoms with Gasteiger partial charge < -0.3 is 5.32 Å². The quantitative estimate of drug-likeness (QED) is 0.690. The van der Waals surface area contributed by atoms with Crippen molar-refractivity contribution in [3.05, 3.63) is 28.8 Å². The Hall–Kier alpha value is -1.02. The van der Waals surface area contributed by atoms with Crippen LogP contribution in [0, 0.1) is 0 Å². The van der Waals surface area contributed by atoms with Crippen LogP contribution in [0.3, 0.4) is 0 Å². The average Bonchev–Trinajstić information content (AvgIpc) is 2.02. The third-order valence-corrected chi connectivity index (χ3v) is 2.41. The van der Waals surface area contributed by atoms with Gasteiger partial charge in [0.2, 0.25) is 0 Å². The number of halogens is 1. The van der Waals surface area contributed by atoms with Crippen molar-refractivity contribution in [3.8, 4) is 0 Å². The first-order valence-electron chi connectivity index (χ1n) is 4.26. The Morgan fingerprint density at radius 2 is 2.31 bits per heavy atom. The molecule has 0 aliphatic carbocycles. The molecular formula is C10H10ClNO. The summed E-state index contributed by atoms with van der Waals surface area (Å²) in [5.41, 5.74) is 1.61. The maximum atomic E-state index is 11.5. The van der Waals surface area contributed by atoms with Gasteiger partial charge in [0.25, 0.3) is 0 Å². The second-order valence-electron chi connectivity index (χ2n) is 3.36. The second kappa shape index (κ2) is 3.04. The predicted molar refractivity (Wildman–Crippen MR) is 53.5 cm³/mol. The van der Waals surface area contributed by atoms with Crippen LogP contribution in [0.4, 0.5) is 5.69 Å². The summed E-state index contributed by atoms with van der Waals surface area (Å²) >= 11 is 5.82. The van der Waals surface area contributed by atoms with Gasteiger partial charge in [0.15, 0.2) is 5.78 Å². The average molecular weight is 196 g/mol. The van der Waals surface area contributed by atoms with Crippen LogP contribution in [0.25, 0.3) is 0 Å². The van der Waals surface area contributed by atoms with Gasteiger partial charge in [-0.25, -0.2) is 0 Å². The van der Waals surface area contributed by atoms with Gasteiger partial charge in [-0.05, 0) is 25.1 Å². The predicted octanol–water partition coefficient (Wildman–Crippen LogP) is 2.73. The SMILES string of the molecule is CC1CC(=O)c2ccc(Cl)cc2N1. The molecule has 1 aromatic rings. The largest absolute Gasteiger partial charge is 0.382 e. The van der Waals surface area contributed by atoms with Gasteiger partial charge in [-0.2, -0.15) is 0 Å². The molecule has 0 amide bonds. The van der Waals surface area contributed by atoms with E-state index < -0.39 is 0 Å². The number of Topliss-reactive ketones (excluding diaryl/α,β-unsaturated/α-hetero) is 1. The fraction of sp³-hybridized carbons (Fsp3) is 0.300. The van der Waals surface area contributed by atoms with Crippen molar-refractivity contribution in [2.75, 3.05) is 5.32 Å². The lowest BCUT2D eigenvalue weighted by Gasteiger charge is -2.22. The molecule has 68 valence electrons. The normalized spacial score (nSPS) is 20.8. The third kappa shape index (κ3) is 1.54. The van der Waals surface area contributed by atoms with Gasteiger partial charge in [0, 0.05) is 28.7 Å². The number of carbonyl (C=O) groups excluding carboxylic acids is 1. The zero-order chi connectivity index (χ0) is 9.42. The molecule has 1 aliphatic heterocycles. The molecule has 2 rings (SSSR count). The Kier molecular flexibility index (Phi) is 2.00. The lowest BCUT2D eigenvalue weighted by Crippen LogP contribution is -2.26. The van der Waals surface area contributed by atoms with Crippen LogP contribution in [0.2, 0.25) is 5.02 Å². The maximum absolute atomic E-state index is 11.5. The zero-order valence-electron chi connectivity index (χ0n) is 7.30. The molecule has 1 N–H and O–H groups in total. The van der Waals surface area contributed by atoms with Crippen molar-refractivity contribution in [1.82, 2.24) is 0 Å². The van der Waals surface area contributed by atoms with Gasteiger partial charge >= 0.3 is 0 Å². The second-order valence-corrected chi connectivity index (χ2v) is 3.80. The van der Waals surface area contributed by atoms with E-state index in [-0.39, 0.29) is 11.8 Å². The van der Waals surface area contributed by atoms with E-state index in [2.05, 4.69) is 5.32 Å². The van der Waals surface area contributed by atoms with Gasteiger partial charge in [0.05, 0.1) is 0 Å². The van der Waals surface area contributed by atoms with E-state index in [1.165, 1.54) is 0 Å². The van der Waals surface area contributed by atoms with Crippen molar-refractivity contribution >= 4 is 23.1 Å². The standard InChI is InChI=1S/C10H10ClNO/c1-6-4-10(13)8-3-2-7(11)5-9(8)12-6/h2-3,5-6,12H,4H2,1H3. The molecule has 0 spiro atoms. The molecule has 0 saturated heterocycles. The molecule has 1 atom stereocenters. The molecule has 1 unspecified atom stereocenters. The first-order chi connectivity index (χ1) is 6.16. The monoisotopic (exact) mass is 195 g/mol. The van der Waals surface area contributed by atoms with Crippen LogP contribution in [-0.4, -0.2) is 11.8 Å². The minimum Gasteiger partial charge on any atom is -0.382 e. The van der Waals surface area contributed by atoms with E-state index in [9.17, 15) is 4.79 Å². The Morgan fingerprint density at radius 1 is 1.54 bits per heavy atom. The van der Waals surface area contributed by atoms with E-state index in [1.54, 1.807) is 18.2 Å². The van der Waals surface area contributed by atoms with Crippen molar-refractivity contribution in [2.45, 2.75) is 19.4 Å². The first kappa shape index (κ1) is 8.57. The summed E-state index contributed by atoms with van der Waals surface area (Å²) in [6.45, 7) is 1.99. The van der Waals surface area contributed by atoms with Crippen LogP contribution >= 0.6 is 11.6 Å². The smallest absolute Gasteiger partial charge is 0.166 e. The molecule has 1 heterocycles. The summed E-state index contributed by atoms with van der Waals surface area (Å²) in [5.74, 6) is 0.193. The number of hydrogen-bond donors (Lipinski definition) is 1. The highest BCUT2D eigenvalue weighted by molar-refractivity contribution is 6.31. The molecule has 0 aromatic heterocycles. The Balaban J connectivity index is 2.49. The minimum atomic E-state index is 0.193. The molecule has 3 heteroatoms. The lowest BCUT2D eigenvalue weighted by atomic mass is 9.98. The number of fused-ring (bicyclic) bond motifs is 1. The number of ketones is 1. The number of hydrogen-bond acceptors (Lipinski definition) is 2. The molecule has 0 bridgehead atoms. The molecule has 0 radical (unpaired) electrons. The fourth-order valence-electron chi connectivity index (χ4n) is 1.58. The summed E-state index contributed by atoms with van der Waals surface area (Å²) in [6, 6.07) is 5.53. The van der Waals surface area contributed by atoms with Crippen LogP contribution in [0.15, 0.2) is 18.2 Å². The molecule has 2 nitrogen and oxygen atoms in total. The van der Waals surface area contributed by atoms with Gasteiger partial charge in [-0.3, -0.25) is 4.79 Å². The molecule has 1 aromatic carbocycles. The van der Waals surface area contributed by atoms with E-state index in [0.717, 1.165) is 11.3 Å². The lowest BCUT2D eigenvalue weighted by molar-refractivity contribution is 0.0974. The topological polar surface area (TPSA) is 29.1 Å². The summed E-state index contributed by atoms with van der Waals surface area (Å²) in [7, 11) is 0. The number of anilines is 1. The molecule has 13 heavy (non-hydrogen) atoms. The molecule has 1 aliphatic rings. The zero-order valence-corrected chi connectivity index (χ0v) is 8.06. The Morgan fingerprint density at radius 3 is 3.08 bits per heavy atom. The summed E-state index contributed by atoms with van der Waals surface area (Å²) in [5, 5.41) is 3.89. The van der Waals surface area contributed by atoms with Crippen LogP contribution in [0.1, 0.15) is 23.7 Å².